The third-order valence-corrected chi connectivity index (χ3v) is 5.07. The van der Waals surface area contributed by atoms with Gasteiger partial charge in [0.2, 0.25) is 11.8 Å². The van der Waals surface area contributed by atoms with Crippen molar-refractivity contribution in [2.24, 2.45) is 0 Å². The molecule has 2 rings (SSSR count). The molecule has 21 heavy (non-hydrogen) atoms. The summed E-state index contributed by atoms with van der Waals surface area (Å²) in [5.74, 6) is -0.148. The Bertz CT molecular complexity index is 563. The molecule has 112 valence electrons. The van der Waals surface area contributed by atoms with Crippen LogP contribution in [0, 0.1) is 0 Å². The number of rotatable bonds is 5. The predicted octanol–water partition coefficient (Wildman–Crippen LogP) is 3.31. The number of anilines is 1. The number of halogens is 1. The zero-order valence-corrected chi connectivity index (χ0v) is 13.9. The summed E-state index contributed by atoms with van der Waals surface area (Å²) in [5.41, 5.74) is 0.681. The fraction of sp³-hybridized carbons (Fsp3) is 0.357. The van der Waals surface area contributed by atoms with Crippen LogP contribution in [-0.2, 0) is 9.59 Å². The van der Waals surface area contributed by atoms with Gasteiger partial charge in [-0.05, 0) is 30.7 Å². The minimum atomic E-state index is -0.155. The molecule has 2 amide bonds. The van der Waals surface area contributed by atoms with E-state index in [9.17, 15) is 9.59 Å². The van der Waals surface area contributed by atoms with Gasteiger partial charge in [-0.1, -0.05) is 42.5 Å². The summed E-state index contributed by atoms with van der Waals surface area (Å²) in [6.45, 7) is 2.27. The molecule has 7 heteroatoms. The summed E-state index contributed by atoms with van der Waals surface area (Å²) in [6, 6.07) is 6.88. The maximum Gasteiger partial charge on any atom is 0.241 e. The van der Waals surface area contributed by atoms with Crippen LogP contribution in [0.4, 0.5) is 5.69 Å². The van der Waals surface area contributed by atoms with Gasteiger partial charge in [0.05, 0.1) is 5.25 Å². The van der Waals surface area contributed by atoms with Crippen molar-refractivity contribution >= 4 is 57.4 Å². The molecule has 1 aliphatic heterocycles. The average Bonchev–Trinajstić information content (AvgIpc) is 2.74. The first-order chi connectivity index (χ1) is 10.0. The Morgan fingerprint density at radius 1 is 1.43 bits per heavy atom. The molecule has 1 heterocycles. The van der Waals surface area contributed by atoms with Crippen molar-refractivity contribution in [2.45, 2.75) is 25.0 Å². The van der Waals surface area contributed by atoms with Crippen molar-refractivity contribution in [3.63, 3.8) is 0 Å². The van der Waals surface area contributed by atoms with Crippen molar-refractivity contribution in [1.29, 1.82) is 0 Å². The van der Waals surface area contributed by atoms with E-state index in [2.05, 4.69) is 5.32 Å². The summed E-state index contributed by atoms with van der Waals surface area (Å²) in [4.78, 5) is 25.4. The Balaban J connectivity index is 1.85. The van der Waals surface area contributed by atoms with Crippen molar-refractivity contribution in [1.82, 2.24) is 4.90 Å². The molecule has 1 aliphatic rings. The SMILES string of the molecule is CCC1SC(=S)N(CCC(=O)Nc2ccc(Cl)cc2)C1=O. The number of carbonyl (C=O) groups is 2. The van der Waals surface area contributed by atoms with E-state index < -0.39 is 0 Å². The Morgan fingerprint density at radius 3 is 2.67 bits per heavy atom. The molecule has 1 saturated heterocycles. The van der Waals surface area contributed by atoms with E-state index in [0.717, 1.165) is 6.42 Å². The van der Waals surface area contributed by atoms with Gasteiger partial charge in [-0.25, -0.2) is 0 Å². The molecule has 1 N–H and O–H groups in total. The fourth-order valence-electron chi connectivity index (χ4n) is 1.93. The molecule has 0 aromatic heterocycles. The molecule has 0 bridgehead atoms. The zero-order chi connectivity index (χ0) is 15.4. The van der Waals surface area contributed by atoms with Crippen LogP contribution in [-0.4, -0.2) is 32.8 Å². The van der Waals surface area contributed by atoms with Crippen LogP contribution in [0.3, 0.4) is 0 Å². The molecule has 1 aromatic rings. The molecule has 1 fully saturated rings. The number of carbonyl (C=O) groups excluding carboxylic acids is 2. The first-order valence-corrected chi connectivity index (χ1v) is 8.25. The van der Waals surface area contributed by atoms with Crippen LogP contribution < -0.4 is 5.32 Å². The normalized spacial score (nSPS) is 18.2. The van der Waals surface area contributed by atoms with Gasteiger partial charge in [0.15, 0.2) is 0 Å². The lowest BCUT2D eigenvalue weighted by Gasteiger charge is -2.15. The Hall–Kier alpha value is -1.11. The van der Waals surface area contributed by atoms with Crippen molar-refractivity contribution in [2.75, 3.05) is 11.9 Å². The Kier molecular flexibility index (Phi) is 5.61. The van der Waals surface area contributed by atoms with Gasteiger partial charge >= 0.3 is 0 Å². The third kappa shape index (κ3) is 4.18. The maximum absolute atomic E-state index is 12.0. The summed E-state index contributed by atoms with van der Waals surface area (Å²) in [5, 5.41) is 3.28. The number of hydrogen-bond acceptors (Lipinski definition) is 4. The van der Waals surface area contributed by atoms with E-state index in [1.165, 1.54) is 16.7 Å². The highest BCUT2D eigenvalue weighted by atomic mass is 35.5. The quantitative estimate of drug-likeness (QED) is 0.834. The monoisotopic (exact) mass is 342 g/mol. The Morgan fingerprint density at radius 2 is 2.10 bits per heavy atom. The maximum atomic E-state index is 12.0. The van der Waals surface area contributed by atoms with E-state index in [-0.39, 0.29) is 23.5 Å². The summed E-state index contributed by atoms with van der Waals surface area (Å²) in [7, 11) is 0. The standard InChI is InChI=1S/C14H15ClN2O2S2/c1-2-11-13(19)17(14(20)21-11)8-7-12(18)16-10-5-3-9(15)4-6-10/h3-6,11H,2,7-8H2,1H3,(H,16,18). The number of amides is 2. The molecule has 0 radical (unpaired) electrons. The largest absolute Gasteiger partial charge is 0.326 e. The molecule has 1 unspecified atom stereocenters. The number of thioether (sulfide) groups is 1. The minimum absolute atomic E-state index is 0.00629. The highest BCUT2D eigenvalue weighted by Crippen LogP contribution is 2.29. The summed E-state index contributed by atoms with van der Waals surface area (Å²) >= 11 is 12.4. The zero-order valence-electron chi connectivity index (χ0n) is 11.5. The second-order valence-corrected chi connectivity index (χ2v) is 6.85. The van der Waals surface area contributed by atoms with Gasteiger partial charge in [0, 0.05) is 23.7 Å². The lowest BCUT2D eigenvalue weighted by molar-refractivity contribution is -0.126. The van der Waals surface area contributed by atoms with Crippen molar-refractivity contribution in [3.8, 4) is 0 Å². The van der Waals surface area contributed by atoms with Gasteiger partial charge in [0.25, 0.3) is 0 Å². The van der Waals surface area contributed by atoms with E-state index in [4.69, 9.17) is 23.8 Å². The first kappa shape index (κ1) is 16.3. The number of nitrogens with zero attached hydrogens (tertiary/aromatic N) is 1. The fourth-order valence-corrected chi connectivity index (χ4v) is 3.53. The van der Waals surface area contributed by atoms with Crippen LogP contribution in [0.2, 0.25) is 5.02 Å². The average molecular weight is 343 g/mol. The van der Waals surface area contributed by atoms with Crippen molar-refractivity contribution in [3.05, 3.63) is 29.3 Å². The van der Waals surface area contributed by atoms with Gasteiger partial charge < -0.3 is 5.32 Å². The van der Waals surface area contributed by atoms with Crippen LogP contribution in [0.5, 0.6) is 0 Å². The molecule has 0 aliphatic carbocycles. The van der Waals surface area contributed by atoms with Crippen molar-refractivity contribution < 1.29 is 9.59 Å². The number of benzene rings is 1. The molecule has 4 nitrogen and oxygen atoms in total. The summed E-state index contributed by atoms with van der Waals surface area (Å²) < 4.78 is 0.561. The molecule has 0 saturated carbocycles. The minimum Gasteiger partial charge on any atom is -0.326 e. The highest BCUT2D eigenvalue weighted by Gasteiger charge is 2.35. The molecule has 1 aromatic carbocycles. The van der Waals surface area contributed by atoms with E-state index >= 15 is 0 Å². The number of thiocarbonyl (C=S) groups is 1. The predicted molar refractivity (Wildman–Crippen MR) is 90.7 cm³/mol. The second-order valence-electron chi connectivity index (χ2n) is 4.58. The second kappa shape index (κ2) is 7.24. The Labute approximate surface area is 138 Å². The highest BCUT2D eigenvalue weighted by molar-refractivity contribution is 8.24. The smallest absolute Gasteiger partial charge is 0.241 e. The third-order valence-electron chi connectivity index (χ3n) is 3.07. The van der Waals surface area contributed by atoms with E-state index in [1.54, 1.807) is 24.3 Å². The summed E-state index contributed by atoms with van der Waals surface area (Å²) in [6.07, 6.45) is 0.961. The molecule has 0 spiro atoms. The van der Waals surface area contributed by atoms with E-state index in [0.29, 0.717) is 21.6 Å². The molecule has 1 atom stereocenters. The van der Waals surface area contributed by atoms with Gasteiger partial charge in [0.1, 0.15) is 4.32 Å². The van der Waals surface area contributed by atoms with Crippen LogP contribution in [0.15, 0.2) is 24.3 Å². The topological polar surface area (TPSA) is 49.4 Å². The van der Waals surface area contributed by atoms with Crippen LogP contribution >= 0.6 is 35.6 Å². The molecular formula is C14H15ClN2O2S2. The molecular weight excluding hydrogens is 328 g/mol. The van der Waals surface area contributed by atoms with E-state index in [1.807, 2.05) is 6.92 Å². The van der Waals surface area contributed by atoms with Gasteiger partial charge in [-0.2, -0.15) is 0 Å². The lowest BCUT2D eigenvalue weighted by Crippen LogP contribution is -2.33. The van der Waals surface area contributed by atoms with Gasteiger partial charge in [-0.3, -0.25) is 14.5 Å². The van der Waals surface area contributed by atoms with Crippen LogP contribution in [0.25, 0.3) is 0 Å². The van der Waals surface area contributed by atoms with Gasteiger partial charge in [-0.15, -0.1) is 0 Å². The number of nitrogens with one attached hydrogen (secondary N) is 1. The van der Waals surface area contributed by atoms with Crippen LogP contribution in [0.1, 0.15) is 19.8 Å². The number of hydrogen-bond donors (Lipinski definition) is 1. The first-order valence-electron chi connectivity index (χ1n) is 6.58. The lowest BCUT2D eigenvalue weighted by atomic mass is 10.2.